The van der Waals surface area contributed by atoms with Crippen molar-refractivity contribution in [2.24, 2.45) is 11.8 Å². The Morgan fingerprint density at radius 1 is 0.887 bits per heavy atom. The second-order valence-electron chi connectivity index (χ2n) is 17.4. The first-order valence-corrected chi connectivity index (χ1v) is 21.4. The highest BCUT2D eigenvalue weighted by Gasteiger charge is 2.42. The zero-order valence-corrected chi connectivity index (χ0v) is 35.8. The van der Waals surface area contributed by atoms with E-state index in [-0.39, 0.29) is 47.7 Å². The second kappa shape index (κ2) is 16.3. The number of rotatable bonds is 9. The number of nitrogens with zero attached hydrogens (tertiary/aromatic N) is 4. The third kappa shape index (κ3) is 7.41. The van der Waals surface area contributed by atoms with E-state index in [9.17, 15) is 19.2 Å². The lowest BCUT2D eigenvalue weighted by molar-refractivity contribution is -0.137. The molecule has 4 amide bonds. The minimum Gasteiger partial charge on any atom is -0.488 e. The summed E-state index contributed by atoms with van der Waals surface area (Å²) in [5.74, 6) is 1.75. The minimum absolute atomic E-state index is 0.0160. The molecule has 2 fully saturated rings. The van der Waals surface area contributed by atoms with E-state index in [2.05, 4.69) is 63.9 Å². The van der Waals surface area contributed by atoms with Crippen molar-refractivity contribution in [3.05, 3.63) is 102 Å². The number of imidazole rings is 2. The number of hydrogen-bond donors (Lipinski definition) is 4. The third-order valence-corrected chi connectivity index (χ3v) is 12.7. The third-order valence-electron chi connectivity index (χ3n) is 12.7. The highest BCUT2D eigenvalue weighted by atomic mass is 16.5. The first-order valence-electron chi connectivity index (χ1n) is 21.4. The molecule has 3 aliphatic rings. The van der Waals surface area contributed by atoms with Gasteiger partial charge in [-0.1, -0.05) is 69.3 Å². The molecule has 14 nitrogen and oxygen atoms in total. The number of aromatic nitrogens is 4. The van der Waals surface area contributed by atoms with Gasteiger partial charge in [-0.15, -0.1) is 0 Å². The van der Waals surface area contributed by atoms with Crippen LogP contribution < -0.4 is 15.4 Å². The van der Waals surface area contributed by atoms with Gasteiger partial charge in [0.1, 0.15) is 36.1 Å². The van der Waals surface area contributed by atoms with E-state index >= 15 is 0 Å². The summed E-state index contributed by atoms with van der Waals surface area (Å²) in [6.07, 6.45) is 3.51. The molecule has 4 aromatic carbocycles. The Hall–Kier alpha value is -6.70. The number of amides is 4. The van der Waals surface area contributed by atoms with Crippen LogP contribution in [0, 0.1) is 11.8 Å². The Morgan fingerprint density at radius 2 is 1.69 bits per heavy atom. The van der Waals surface area contributed by atoms with Crippen molar-refractivity contribution in [3.8, 4) is 28.1 Å². The van der Waals surface area contributed by atoms with Crippen LogP contribution in [0.4, 0.5) is 4.79 Å². The molecule has 5 heterocycles. The lowest BCUT2D eigenvalue weighted by atomic mass is 9.92. The standard InChI is InChI=1S/C48H52N8O6/c1-25(2)41(54-48(60)61-6)47(59)56-27(4)12-17-38(56)44-49-22-37(52-44)31-13-15-33-32(19-31)24-62-40-21-34-30(20-35(33)40)14-16-36-43(34)53-45(51-36)39-18-26(3)23-55(39)46(58)42(50-28(5)57)29-10-8-7-9-11-29/h7-11,13-16,19-22,25-27,38-39,41-42H,12,17-18,23-24H2,1-6H3,(H,49,52)(H,50,57)(H,51,53)(H,54,60)/t26-,27-,38-,39-,41-,42+/m0/s1. The monoisotopic (exact) mass is 836 g/mol. The van der Waals surface area contributed by atoms with Crippen LogP contribution in [0.25, 0.3) is 44.2 Å². The molecule has 320 valence electrons. The van der Waals surface area contributed by atoms with Crippen molar-refractivity contribution in [2.45, 2.75) is 90.7 Å². The summed E-state index contributed by atoms with van der Waals surface area (Å²) < 4.78 is 11.3. The molecule has 0 saturated carbocycles. The van der Waals surface area contributed by atoms with Gasteiger partial charge in [0, 0.05) is 30.5 Å². The highest BCUT2D eigenvalue weighted by Crippen LogP contribution is 2.44. The average molecular weight is 837 g/mol. The molecule has 0 aliphatic carbocycles. The van der Waals surface area contributed by atoms with Gasteiger partial charge in [0.05, 0.1) is 42.1 Å². The number of benzene rings is 4. The summed E-state index contributed by atoms with van der Waals surface area (Å²) in [6.45, 7) is 10.4. The van der Waals surface area contributed by atoms with Gasteiger partial charge in [0.2, 0.25) is 17.7 Å². The molecule has 62 heavy (non-hydrogen) atoms. The summed E-state index contributed by atoms with van der Waals surface area (Å²) in [4.78, 5) is 73.1. The van der Waals surface area contributed by atoms with E-state index in [4.69, 9.17) is 19.4 Å². The van der Waals surface area contributed by atoms with Gasteiger partial charge in [0.25, 0.3) is 0 Å². The number of likely N-dealkylation sites (tertiary alicyclic amines) is 2. The Bertz CT molecular complexity index is 2710. The molecule has 6 atom stereocenters. The van der Waals surface area contributed by atoms with Crippen LogP contribution >= 0.6 is 0 Å². The largest absolute Gasteiger partial charge is 0.488 e. The van der Waals surface area contributed by atoms with E-state index in [0.29, 0.717) is 19.0 Å². The lowest BCUT2D eigenvalue weighted by Gasteiger charge is -2.32. The predicted octanol–water partition coefficient (Wildman–Crippen LogP) is 7.89. The number of H-pyrrole nitrogens is 2. The molecule has 9 rings (SSSR count). The summed E-state index contributed by atoms with van der Waals surface area (Å²) in [7, 11) is 1.29. The maximum atomic E-state index is 14.2. The molecule has 3 aliphatic heterocycles. The van der Waals surface area contributed by atoms with E-state index in [0.717, 1.165) is 86.2 Å². The molecular formula is C48H52N8O6. The van der Waals surface area contributed by atoms with Crippen LogP contribution in [-0.2, 0) is 25.7 Å². The SMILES string of the molecule is COC(=O)N[C@H](C(=O)N1[C@@H](C)CC[C@H]1c1ncc(-c2ccc3c(c2)COc2cc4c(ccc5nc([C@@H]6C[C@H](C)CN6C(=O)[C@H](NC(C)=O)c6ccccc6)[nH]c54)cc2-3)[nH]1)C(C)C. The van der Waals surface area contributed by atoms with E-state index in [1.54, 1.807) is 0 Å². The number of ether oxygens (including phenoxy) is 2. The molecule has 0 spiro atoms. The maximum absolute atomic E-state index is 14.2. The smallest absolute Gasteiger partial charge is 0.407 e. The van der Waals surface area contributed by atoms with Gasteiger partial charge in [-0.05, 0) is 89.9 Å². The van der Waals surface area contributed by atoms with E-state index in [1.165, 1.54) is 14.0 Å². The number of methoxy groups -OCH3 is 1. The number of fused-ring (bicyclic) bond motifs is 6. The fraction of sp³-hybridized carbons (Fsp3) is 0.375. The van der Waals surface area contributed by atoms with E-state index < -0.39 is 18.2 Å². The molecule has 0 unspecified atom stereocenters. The van der Waals surface area contributed by atoms with Gasteiger partial charge < -0.3 is 39.9 Å². The van der Waals surface area contributed by atoms with Gasteiger partial charge in [-0.3, -0.25) is 14.4 Å². The number of hydrogen-bond acceptors (Lipinski definition) is 8. The number of carbonyl (C=O) groups excluding carboxylic acids is 4. The number of aromatic amines is 2. The van der Waals surface area contributed by atoms with Crippen molar-refractivity contribution in [3.63, 3.8) is 0 Å². The van der Waals surface area contributed by atoms with Crippen LogP contribution in [0.2, 0.25) is 0 Å². The zero-order valence-electron chi connectivity index (χ0n) is 35.8. The van der Waals surface area contributed by atoms with Gasteiger partial charge in [0.15, 0.2) is 0 Å². The summed E-state index contributed by atoms with van der Waals surface area (Å²) in [6, 6.07) is 22.0. The fourth-order valence-electron chi connectivity index (χ4n) is 9.63. The molecule has 14 heteroatoms. The Labute approximate surface area is 359 Å². The Kier molecular flexibility index (Phi) is 10.7. The normalized spacial score (nSPS) is 20.4. The van der Waals surface area contributed by atoms with Crippen LogP contribution in [0.15, 0.2) is 79.0 Å². The first kappa shape index (κ1) is 40.7. The quantitative estimate of drug-likeness (QED) is 0.114. The highest BCUT2D eigenvalue weighted by molar-refractivity contribution is 6.07. The van der Waals surface area contributed by atoms with Crippen molar-refractivity contribution in [1.82, 2.24) is 40.4 Å². The number of alkyl carbamates (subject to hydrolysis) is 1. The van der Waals surface area contributed by atoms with Crippen LogP contribution in [0.5, 0.6) is 5.75 Å². The van der Waals surface area contributed by atoms with Crippen molar-refractivity contribution < 1.29 is 28.7 Å². The topological polar surface area (TPSA) is 175 Å². The second-order valence-corrected chi connectivity index (χ2v) is 17.4. The van der Waals surface area contributed by atoms with Crippen molar-refractivity contribution in [2.75, 3.05) is 13.7 Å². The van der Waals surface area contributed by atoms with Crippen LogP contribution in [-0.4, -0.2) is 79.3 Å². The first-order chi connectivity index (χ1) is 29.9. The average Bonchev–Trinajstić information content (AvgIpc) is 4.09. The summed E-state index contributed by atoms with van der Waals surface area (Å²) in [5, 5.41) is 7.61. The fourth-order valence-corrected chi connectivity index (χ4v) is 9.63. The number of nitrogens with one attached hydrogen (secondary N) is 4. The predicted molar refractivity (Wildman–Crippen MR) is 235 cm³/mol. The Balaban J connectivity index is 0.973. The minimum atomic E-state index is -0.794. The summed E-state index contributed by atoms with van der Waals surface area (Å²) in [5.41, 5.74) is 7.35. The lowest BCUT2D eigenvalue weighted by Crippen LogP contribution is -2.52. The molecule has 0 radical (unpaired) electrons. The molecule has 2 aromatic heterocycles. The number of carbonyl (C=O) groups is 4. The van der Waals surface area contributed by atoms with Gasteiger partial charge in [-0.2, -0.15) is 0 Å². The Morgan fingerprint density at radius 3 is 2.45 bits per heavy atom. The van der Waals surface area contributed by atoms with Gasteiger partial charge >= 0.3 is 6.09 Å². The molecule has 2 saturated heterocycles. The zero-order chi connectivity index (χ0) is 43.4. The van der Waals surface area contributed by atoms with Gasteiger partial charge in [-0.25, -0.2) is 14.8 Å². The maximum Gasteiger partial charge on any atom is 0.407 e. The summed E-state index contributed by atoms with van der Waals surface area (Å²) >= 11 is 0. The molecule has 6 aromatic rings. The van der Waals surface area contributed by atoms with Crippen molar-refractivity contribution >= 4 is 45.6 Å². The molecule has 0 bridgehead atoms. The molecule has 4 N–H and O–H groups in total. The molecular weight excluding hydrogens is 785 g/mol. The van der Waals surface area contributed by atoms with Crippen molar-refractivity contribution in [1.29, 1.82) is 0 Å². The van der Waals surface area contributed by atoms with Crippen LogP contribution in [0.3, 0.4) is 0 Å². The van der Waals surface area contributed by atoms with E-state index in [1.807, 2.05) is 73.2 Å². The van der Waals surface area contributed by atoms with Crippen LogP contribution in [0.1, 0.15) is 94.8 Å².